The fourth-order valence-electron chi connectivity index (χ4n) is 3.84. The lowest BCUT2D eigenvalue weighted by atomic mass is 9.89. The average Bonchev–Trinajstić information content (AvgIpc) is 2.84. The lowest BCUT2D eigenvalue weighted by Gasteiger charge is -2.46. The first-order valence-corrected chi connectivity index (χ1v) is 7.97. The molecule has 1 aliphatic heterocycles. The van der Waals surface area contributed by atoms with Gasteiger partial charge in [-0.25, -0.2) is 9.37 Å². The van der Waals surface area contributed by atoms with Gasteiger partial charge in [0.1, 0.15) is 12.2 Å². The summed E-state index contributed by atoms with van der Waals surface area (Å²) in [5, 5.41) is 0. The van der Waals surface area contributed by atoms with Crippen LogP contribution in [0.3, 0.4) is 0 Å². The quantitative estimate of drug-likeness (QED) is 0.857. The van der Waals surface area contributed by atoms with Crippen LogP contribution < -0.4 is 4.74 Å². The van der Waals surface area contributed by atoms with Gasteiger partial charge in [-0.3, -0.25) is 4.90 Å². The normalized spacial score (nSPS) is 33.5. The Kier molecular flexibility index (Phi) is 3.55. The molecule has 114 valence electrons. The molecule has 1 aromatic rings. The Morgan fingerprint density at radius 3 is 2.95 bits per heavy atom. The van der Waals surface area contributed by atoms with Crippen molar-refractivity contribution in [1.29, 1.82) is 0 Å². The van der Waals surface area contributed by atoms with Crippen LogP contribution in [0.4, 0.5) is 4.39 Å². The van der Waals surface area contributed by atoms with E-state index in [4.69, 9.17) is 9.47 Å². The van der Waals surface area contributed by atoms with Crippen molar-refractivity contribution in [2.45, 2.75) is 56.4 Å². The van der Waals surface area contributed by atoms with Crippen molar-refractivity contribution >= 4 is 0 Å². The summed E-state index contributed by atoms with van der Waals surface area (Å²) >= 11 is 0. The number of hydrogen-bond donors (Lipinski definition) is 0. The molecule has 1 saturated heterocycles. The number of hydrogen-bond acceptors (Lipinski definition) is 4. The lowest BCUT2D eigenvalue weighted by Crippen LogP contribution is -2.57. The Balaban J connectivity index is 1.47. The van der Waals surface area contributed by atoms with Crippen LogP contribution in [0.25, 0.3) is 0 Å². The van der Waals surface area contributed by atoms with Crippen LogP contribution in [0.1, 0.15) is 32.1 Å². The Morgan fingerprint density at radius 2 is 2.19 bits per heavy atom. The Labute approximate surface area is 124 Å². The first-order valence-electron chi connectivity index (χ1n) is 7.97. The van der Waals surface area contributed by atoms with Crippen LogP contribution >= 0.6 is 0 Å². The number of ether oxygens (including phenoxy) is 2. The van der Waals surface area contributed by atoms with Crippen molar-refractivity contribution in [2.75, 3.05) is 13.2 Å². The van der Waals surface area contributed by atoms with Crippen molar-refractivity contribution in [2.24, 2.45) is 0 Å². The second kappa shape index (κ2) is 5.54. The Hall–Kier alpha value is -1.20. The first kappa shape index (κ1) is 13.5. The lowest BCUT2D eigenvalue weighted by molar-refractivity contribution is -0.110. The maximum Gasteiger partial charge on any atom is 0.250 e. The maximum atomic E-state index is 13.7. The molecule has 1 aromatic heterocycles. The number of morpholine rings is 1. The zero-order valence-electron chi connectivity index (χ0n) is 12.1. The van der Waals surface area contributed by atoms with Gasteiger partial charge in [0.15, 0.2) is 5.82 Å². The van der Waals surface area contributed by atoms with E-state index in [-0.39, 0.29) is 18.1 Å². The summed E-state index contributed by atoms with van der Waals surface area (Å²) in [5.74, 6) is -0.292. The molecule has 4 nitrogen and oxygen atoms in total. The van der Waals surface area contributed by atoms with Crippen molar-refractivity contribution in [3.05, 3.63) is 24.1 Å². The van der Waals surface area contributed by atoms with Crippen LogP contribution in [0.2, 0.25) is 0 Å². The van der Waals surface area contributed by atoms with E-state index in [2.05, 4.69) is 9.88 Å². The summed E-state index contributed by atoms with van der Waals surface area (Å²) < 4.78 is 25.5. The fraction of sp³-hybridized carbons (Fsp3) is 0.688. The number of rotatable bonds is 3. The molecule has 0 N–H and O–H groups in total. The van der Waals surface area contributed by atoms with Crippen molar-refractivity contribution in [3.8, 4) is 5.88 Å². The highest BCUT2D eigenvalue weighted by Gasteiger charge is 2.46. The molecule has 2 aliphatic carbocycles. The third-order valence-electron chi connectivity index (χ3n) is 5.11. The van der Waals surface area contributed by atoms with Crippen LogP contribution in [0.15, 0.2) is 18.3 Å². The van der Waals surface area contributed by atoms with Crippen molar-refractivity contribution in [1.82, 2.24) is 9.88 Å². The predicted molar refractivity (Wildman–Crippen MR) is 75.7 cm³/mol. The summed E-state index contributed by atoms with van der Waals surface area (Å²) in [4.78, 5) is 6.60. The van der Waals surface area contributed by atoms with E-state index < -0.39 is 5.82 Å². The van der Waals surface area contributed by atoms with E-state index >= 15 is 0 Å². The molecule has 2 saturated carbocycles. The molecule has 3 atom stereocenters. The minimum absolute atomic E-state index is 0.0563. The Bertz CT molecular complexity index is 509. The summed E-state index contributed by atoms with van der Waals surface area (Å²) in [6, 6.07) is 4.12. The Morgan fingerprint density at radius 1 is 1.29 bits per heavy atom. The molecular formula is C16H21FN2O2. The van der Waals surface area contributed by atoms with E-state index in [1.807, 2.05) is 0 Å². The van der Waals surface area contributed by atoms with E-state index in [0.717, 1.165) is 32.0 Å². The zero-order valence-corrected chi connectivity index (χ0v) is 12.1. The predicted octanol–water partition coefficient (Wildman–Crippen LogP) is 2.38. The summed E-state index contributed by atoms with van der Waals surface area (Å²) in [6.45, 7) is 1.78. The van der Waals surface area contributed by atoms with Gasteiger partial charge in [-0.05, 0) is 37.8 Å². The topological polar surface area (TPSA) is 34.6 Å². The average molecular weight is 292 g/mol. The van der Waals surface area contributed by atoms with Crippen LogP contribution in [-0.4, -0.2) is 47.3 Å². The van der Waals surface area contributed by atoms with Gasteiger partial charge in [0, 0.05) is 24.8 Å². The minimum Gasteiger partial charge on any atom is -0.469 e. The summed E-state index contributed by atoms with van der Waals surface area (Å²) in [5.41, 5.74) is 0. The number of aromatic nitrogens is 1. The van der Waals surface area contributed by atoms with Gasteiger partial charge in [-0.2, -0.15) is 0 Å². The van der Waals surface area contributed by atoms with Gasteiger partial charge in [0.2, 0.25) is 0 Å². The standard InChI is InChI=1S/C16H21FN2O2/c17-12-5-2-8-18-16(12)21-14-7-6-13-15(14)20-10-9-19(13)11-3-1-4-11/h2,5,8,11,13-15H,1,3-4,6-7,9-10H2/t13-,14-,15+/m0/s1. The molecule has 0 bridgehead atoms. The van der Waals surface area contributed by atoms with Crippen molar-refractivity contribution < 1.29 is 13.9 Å². The number of pyridine rings is 1. The molecule has 0 spiro atoms. The first-order chi connectivity index (χ1) is 10.3. The third-order valence-corrected chi connectivity index (χ3v) is 5.11. The second-order valence-electron chi connectivity index (χ2n) is 6.25. The molecule has 0 amide bonds. The smallest absolute Gasteiger partial charge is 0.250 e. The largest absolute Gasteiger partial charge is 0.469 e. The summed E-state index contributed by atoms with van der Waals surface area (Å²) in [7, 11) is 0. The molecule has 2 heterocycles. The molecule has 4 rings (SSSR count). The van der Waals surface area contributed by atoms with Gasteiger partial charge in [0.05, 0.1) is 6.61 Å². The van der Waals surface area contributed by atoms with Crippen LogP contribution in [0, 0.1) is 5.82 Å². The van der Waals surface area contributed by atoms with E-state index in [0.29, 0.717) is 6.04 Å². The highest BCUT2D eigenvalue weighted by molar-refractivity contribution is 5.14. The molecule has 3 fully saturated rings. The molecule has 0 aromatic carbocycles. The maximum absolute atomic E-state index is 13.7. The molecule has 0 unspecified atom stereocenters. The summed E-state index contributed by atoms with van der Waals surface area (Å²) in [6.07, 6.45) is 7.48. The SMILES string of the molecule is Fc1cccnc1O[C@H]1CC[C@H]2[C@H]1OCCN2C1CCC1. The third kappa shape index (κ3) is 2.42. The monoisotopic (exact) mass is 292 g/mol. The number of fused-ring (bicyclic) bond motifs is 1. The number of halogens is 1. The van der Waals surface area contributed by atoms with Gasteiger partial charge in [-0.1, -0.05) is 6.42 Å². The highest BCUT2D eigenvalue weighted by Crippen LogP contribution is 2.37. The fourth-order valence-corrected chi connectivity index (χ4v) is 3.84. The molecule has 3 aliphatic rings. The van der Waals surface area contributed by atoms with Crippen LogP contribution in [-0.2, 0) is 4.74 Å². The highest BCUT2D eigenvalue weighted by atomic mass is 19.1. The number of nitrogens with zero attached hydrogens (tertiary/aromatic N) is 2. The van der Waals surface area contributed by atoms with E-state index in [1.165, 1.54) is 25.3 Å². The molecule has 5 heteroatoms. The van der Waals surface area contributed by atoms with Gasteiger partial charge >= 0.3 is 0 Å². The molecule has 21 heavy (non-hydrogen) atoms. The zero-order chi connectivity index (χ0) is 14.2. The van der Waals surface area contributed by atoms with Gasteiger partial charge < -0.3 is 9.47 Å². The second-order valence-corrected chi connectivity index (χ2v) is 6.25. The van der Waals surface area contributed by atoms with E-state index in [9.17, 15) is 4.39 Å². The molecular weight excluding hydrogens is 271 g/mol. The van der Waals surface area contributed by atoms with Gasteiger partial charge in [0.25, 0.3) is 5.88 Å². The minimum atomic E-state index is -0.396. The van der Waals surface area contributed by atoms with Gasteiger partial charge in [-0.15, -0.1) is 0 Å². The van der Waals surface area contributed by atoms with Crippen LogP contribution in [0.5, 0.6) is 5.88 Å². The molecule has 0 radical (unpaired) electrons. The van der Waals surface area contributed by atoms with E-state index in [1.54, 1.807) is 12.3 Å². The van der Waals surface area contributed by atoms with Crippen molar-refractivity contribution in [3.63, 3.8) is 0 Å².